The third-order valence-corrected chi connectivity index (χ3v) is 2.90. The molecule has 21 heavy (non-hydrogen) atoms. The van der Waals surface area contributed by atoms with Crippen molar-refractivity contribution in [3.63, 3.8) is 0 Å². The average Bonchev–Trinajstić information content (AvgIpc) is 2.82. The minimum atomic E-state index is -4.77. The van der Waals surface area contributed by atoms with Crippen molar-refractivity contribution in [2.24, 2.45) is 5.10 Å². The van der Waals surface area contributed by atoms with Crippen molar-refractivity contribution in [2.45, 2.75) is 18.8 Å². The van der Waals surface area contributed by atoms with E-state index in [9.17, 15) is 26.3 Å². The van der Waals surface area contributed by atoms with Gasteiger partial charge in [-0.05, 0) is 0 Å². The van der Waals surface area contributed by atoms with E-state index in [4.69, 9.17) is 23.2 Å². The molecule has 0 atom stereocenters. The maximum atomic E-state index is 12.5. The summed E-state index contributed by atoms with van der Waals surface area (Å²) in [5, 5.41) is 5.23. The molecule has 2 heterocycles. The third kappa shape index (κ3) is 3.43. The second-order valence-corrected chi connectivity index (χ2v) is 4.60. The van der Waals surface area contributed by atoms with Gasteiger partial charge in [-0.15, -0.1) is 5.43 Å². The van der Waals surface area contributed by atoms with E-state index in [-0.39, 0.29) is 0 Å². The molecule has 12 heteroatoms. The van der Waals surface area contributed by atoms with Gasteiger partial charge in [-0.1, -0.05) is 23.2 Å². The molecular weight excluding hydrogens is 349 g/mol. The quantitative estimate of drug-likeness (QED) is 0.746. The van der Waals surface area contributed by atoms with Crippen LogP contribution in [-0.4, -0.2) is 21.7 Å². The minimum absolute atomic E-state index is 0.472. The molecule has 2 rings (SSSR count). The van der Waals surface area contributed by atoms with Crippen LogP contribution in [0.5, 0.6) is 0 Å². The summed E-state index contributed by atoms with van der Waals surface area (Å²) in [6, 6.07) is 0.496. The molecule has 0 amide bonds. The first-order valence-electron chi connectivity index (χ1n) is 5.06. The summed E-state index contributed by atoms with van der Waals surface area (Å²) >= 11 is 11.2. The highest BCUT2D eigenvalue weighted by Crippen LogP contribution is 2.34. The van der Waals surface area contributed by atoms with E-state index in [1.54, 1.807) is 0 Å². The first kappa shape index (κ1) is 16.0. The Hall–Kier alpha value is -1.42. The molecule has 1 aliphatic heterocycles. The first-order valence-corrected chi connectivity index (χ1v) is 5.82. The monoisotopic (exact) mass is 351 g/mol. The predicted octanol–water partition coefficient (Wildman–Crippen LogP) is 3.85. The van der Waals surface area contributed by atoms with Gasteiger partial charge in [0.2, 0.25) is 0 Å². The summed E-state index contributed by atoms with van der Waals surface area (Å²) in [5.74, 6) is -0.503. The fourth-order valence-electron chi connectivity index (χ4n) is 1.41. The molecule has 0 unspecified atom stereocenters. The van der Waals surface area contributed by atoms with Gasteiger partial charge in [0.25, 0.3) is 0 Å². The van der Waals surface area contributed by atoms with Gasteiger partial charge in [-0.25, -0.2) is 0 Å². The van der Waals surface area contributed by atoms with Gasteiger partial charge in [0.1, 0.15) is 10.2 Å². The highest BCUT2D eigenvalue weighted by molar-refractivity contribution is 6.46. The van der Waals surface area contributed by atoms with Crippen molar-refractivity contribution >= 4 is 34.7 Å². The highest BCUT2D eigenvalue weighted by Gasteiger charge is 2.38. The summed E-state index contributed by atoms with van der Waals surface area (Å²) in [7, 11) is 0. The molecule has 0 aromatic carbocycles. The lowest BCUT2D eigenvalue weighted by Gasteiger charge is -2.05. The van der Waals surface area contributed by atoms with Gasteiger partial charge in [-0.3, -0.25) is 0 Å². The van der Waals surface area contributed by atoms with Gasteiger partial charge in [0.15, 0.2) is 11.5 Å². The standard InChI is InChI=1S/C9H3Cl2F6N4/c10-5-1-4(9(15,16)17)20-21(5)7-6(11)3(18-19-7)2-8(12,13)14/h1H,2H2. The van der Waals surface area contributed by atoms with Crippen molar-refractivity contribution in [2.75, 3.05) is 0 Å². The van der Waals surface area contributed by atoms with Crippen LogP contribution in [0.2, 0.25) is 5.15 Å². The molecular formula is C9H3Cl2F6N4. The molecule has 0 aliphatic carbocycles. The lowest BCUT2D eigenvalue weighted by atomic mass is 10.2. The molecule has 0 saturated heterocycles. The fourth-order valence-corrected chi connectivity index (χ4v) is 1.85. The van der Waals surface area contributed by atoms with Crippen molar-refractivity contribution in [3.05, 3.63) is 21.9 Å². The number of aromatic nitrogens is 2. The molecule has 4 nitrogen and oxygen atoms in total. The molecule has 1 aromatic rings. The van der Waals surface area contributed by atoms with E-state index in [1.165, 1.54) is 0 Å². The molecule has 0 spiro atoms. The second-order valence-electron chi connectivity index (χ2n) is 3.84. The minimum Gasteiger partial charge on any atom is -0.200 e. The Balaban J connectivity index is 2.34. The Labute approximate surface area is 123 Å². The smallest absolute Gasteiger partial charge is 0.200 e. The zero-order valence-electron chi connectivity index (χ0n) is 9.60. The van der Waals surface area contributed by atoms with E-state index >= 15 is 0 Å². The highest BCUT2D eigenvalue weighted by atomic mass is 35.5. The summed E-state index contributed by atoms with van der Waals surface area (Å²) in [4.78, 5) is 0. The van der Waals surface area contributed by atoms with Crippen LogP contribution < -0.4 is 5.43 Å². The Bertz CT molecular complexity index is 627. The molecule has 0 fully saturated rings. The van der Waals surface area contributed by atoms with Crippen LogP contribution in [0.25, 0.3) is 5.82 Å². The van der Waals surface area contributed by atoms with Gasteiger partial charge < -0.3 is 0 Å². The van der Waals surface area contributed by atoms with Gasteiger partial charge in [0, 0.05) is 6.07 Å². The van der Waals surface area contributed by atoms with Crippen LogP contribution >= 0.6 is 23.2 Å². The summed E-state index contributed by atoms with van der Waals surface area (Å²) in [6.45, 7) is 0. The first-order chi connectivity index (χ1) is 9.49. The number of allylic oxidation sites excluding steroid dienone is 1. The van der Waals surface area contributed by atoms with Crippen LogP contribution in [0.3, 0.4) is 0 Å². The zero-order valence-corrected chi connectivity index (χ0v) is 11.1. The van der Waals surface area contributed by atoms with Crippen LogP contribution in [0.1, 0.15) is 12.1 Å². The lowest BCUT2D eigenvalue weighted by Crippen LogP contribution is -2.14. The van der Waals surface area contributed by atoms with E-state index < -0.39 is 46.2 Å². The molecule has 1 radical (unpaired) electrons. The number of hydrogen-bond donors (Lipinski definition) is 0. The summed E-state index contributed by atoms with van der Waals surface area (Å²) < 4.78 is 74.6. The number of halogens is 8. The number of alkyl halides is 6. The Morgan fingerprint density at radius 2 is 1.71 bits per heavy atom. The van der Waals surface area contributed by atoms with Crippen LogP contribution in [-0.2, 0) is 6.18 Å². The number of nitrogens with zero attached hydrogens (tertiary/aromatic N) is 4. The van der Waals surface area contributed by atoms with Crippen molar-refractivity contribution in [1.82, 2.24) is 15.2 Å². The molecule has 0 bridgehead atoms. The Morgan fingerprint density at radius 3 is 2.19 bits per heavy atom. The molecule has 0 N–H and O–H groups in total. The van der Waals surface area contributed by atoms with Crippen LogP contribution in [0.4, 0.5) is 26.3 Å². The van der Waals surface area contributed by atoms with Gasteiger partial charge in [-0.2, -0.15) is 41.2 Å². The molecule has 0 saturated carbocycles. The lowest BCUT2D eigenvalue weighted by molar-refractivity contribution is -0.141. The van der Waals surface area contributed by atoms with E-state index in [2.05, 4.69) is 15.6 Å². The van der Waals surface area contributed by atoms with Crippen molar-refractivity contribution < 1.29 is 26.3 Å². The molecule has 1 aliphatic rings. The molecule has 1 aromatic heterocycles. The maximum Gasteiger partial charge on any atom is 0.435 e. The normalized spacial score (nSPS) is 16.3. The number of hydrogen-bond acceptors (Lipinski definition) is 2. The van der Waals surface area contributed by atoms with Crippen LogP contribution in [0, 0.1) is 0 Å². The Kier molecular flexibility index (Phi) is 3.87. The fraction of sp³-hybridized carbons (Fsp3) is 0.333. The SMILES string of the molecule is FC(F)(F)CC1=N[N]C(n2nc(C(F)(F)F)cc2Cl)=C1Cl. The topological polar surface area (TPSA) is 44.3 Å². The second kappa shape index (κ2) is 5.09. The Morgan fingerprint density at radius 1 is 1.10 bits per heavy atom. The van der Waals surface area contributed by atoms with Gasteiger partial charge >= 0.3 is 12.4 Å². The van der Waals surface area contributed by atoms with Crippen LogP contribution in [0.15, 0.2) is 16.2 Å². The van der Waals surface area contributed by atoms with Crippen molar-refractivity contribution in [1.29, 1.82) is 0 Å². The van der Waals surface area contributed by atoms with E-state index in [1.807, 2.05) is 0 Å². The predicted molar refractivity (Wildman–Crippen MR) is 61.5 cm³/mol. The van der Waals surface area contributed by atoms with Gasteiger partial charge in [0.05, 0.1) is 12.1 Å². The van der Waals surface area contributed by atoms with E-state index in [0.29, 0.717) is 10.7 Å². The third-order valence-electron chi connectivity index (χ3n) is 2.24. The largest absolute Gasteiger partial charge is 0.435 e. The molecule has 115 valence electrons. The average molecular weight is 352 g/mol. The van der Waals surface area contributed by atoms with E-state index in [0.717, 1.165) is 0 Å². The van der Waals surface area contributed by atoms with Crippen molar-refractivity contribution in [3.8, 4) is 0 Å². The summed E-state index contributed by atoms with van der Waals surface area (Å²) in [5.41, 5.74) is 1.34. The summed E-state index contributed by atoms with van der Waals surface area (Å²) in [6.07, 6.45) is -10.8. The number of rotatable bonds is 2. The zero-order chi connectivity index (χ0) is 16.0. The maximum absolute atomic E-state index is 12.5.